The fraction of sp³-hybridized carbons (Fsp3) is 0.895. The highest BCUT2D eigenvalue weighted by molar-refractivity contribution is 5.75. The maximum atomic E-state index is 12.6. The SMILES string of the molecule is CN(CC(=O)O)C1CCCN(C(=O)N[C@@H]2C[C@H]2C2CCCCC2)CC1. The van der Waals surface area contributed by atoms with Crippen molar-refractivity contribution in [1.82, 2.24) is 15.1 Å². The van der Waals surface area contributed by atoms with Gasteiger partial charge >= 0.3 is 12.0 Å². The standard InChI is InChI=1S/C19H33N3O3/c1-21(13-18(23)24)15-8-5-10-22(11-9-15)19(25)20-17-12-16(17)14-6-3-2-4-7-14/h14-17H,2-13H2,1H3,(H,20,25)(H,23,24)/t15?,16-,17+/m0/s1. The van der Waals surface area contributed by atoms with Gasteiger partial charge in [-0.3, -0.25) is 9.69 Å². The normalized spacial score (nSPS) is 30.8. The van der Waals surface area contributed by atoms with Crippen LogP contribution in [-0.4, -0.2) is 65.7 Å². The average Bonchev–Trinajstić information content (AvgIpc) is 3.37. The van der Waals surface area contributed by atoms with E-state index in [-0.39, 0.29) is 18.6 Å². The number of carbonyl (C=O) groups excluding carboxylic acids is 1. The fourth-order valence-corrected chi connectivity index (χ4v) is 4.78. The van der Waals surface area contributed by atoms with Gasteiger partial charge in [-0.15, -0.1) is 0 Å². The second kappa shape index (κ2) is 8.39. The maximum absolute atomic E-state index is 12.6. The van der Waals surface area contributed by atoms with Gasteiger partial charge in [0.05, 0.1) is 6.54 Å². The fourth-order valence-electron chi connectivity index (χ4n) is 4.78. The molecule has 2 amide bonds. The molecular weight excluding hydrogens is 318 g/mol. The minimum Gasteiger partial charge on any atom is -0.480 e. The smallest absolute Gasteiger partial charge is 0.317 e. The van der Waals surface area contributed by atoms with E-state index in [1.165, 1.54) is 32.1 Å². The molecule has 0 aromatic carbocycles. The van der Waals surface area contributed by atoms with Crippen LogP contribution in [0.1, 0.15) is 57.8 Å². The number of carbonyl (C=O) groups is 2. The van der Waals surface area contributed by atoms with Crippen LogP contribution in [0.3, 0.4) is 0 Å². The lowest BCUT2D eigenvalue weighted by atomic mass is 9.85. The zero-order valence-electron chi connectivity index (χ0n) is 15.5. The molecule has 0 spiro atoms. The summed E-state index contributed by atoms with van der Waals surface area (Å²) < 4.78 is 0. The molecule has 6 nitrogen and oxygen atoms in total. The van der Waals surface area contributed by atoms with E-state index in [4.69, 9.17) is 5.11 Å². The first-order valence-corrected chi connectivity index (χ1v) is 10.0. The Bertz CT molecular complexity index is 479. The largest absolute Gasteiger partial charge is 0.480 e. The molecule has 3 atom stereocenters. The molecule has 3 fully saturated rings. The predicted molar refractivity (Wildman–Crippen MR) is 96.5 cm³/mol. The molecule has 2 N–H and O–H groups in total. The number of aliphatic carboxylic acids is 1. The molecule has 3 aliphatic rings. The number of hydrogen-bond acceptors (Lipinski definition) is 3. The van der Waals surface area contributed by atoms with Crippen molar-refractivity contribution in [3.63, 3.8) is 0 Å². The number of urea groups is 1. The molecule has 1 heterocycles. The third-order valence-corrected chi connectivity index (χ3v) is 6.40. The highest BCUT2D eigenvalue weighted by atomic mass is 16.4. The molecular formula is C19H33N3O3. The van der Waals surface area contributed by atoms with Gasteiger partial charge in [-0.1, -0.05) is 32.1 Å². The molecule has 0 radical (unpaired) electrons. The number of carboxylic acid groups (broad SMARTS) is 1. The van der Waals surface area contributed by atoms with Crippen molar-refractivity contribution in [2.24, 2.45) is 11.8 Å². The summed E-state index contributed by atoms with van der Waals surface area (Å²) in [5.74, 6) is 0.756. The van der Waals surface area contributed by atoms with Gasteiger partial charge in [-0.2, -0.15) is 0 Å². The third kappa shape index (κ3) is 5.09. The summed E-state index contributed by atoms with van der Waals surface area (Å²) in [7, 11) is 1.87. The topological polar surface area (TPSA) is 72.9 Å². The Morgan fingerprint density at radius 1 is 1.08 bits per heavy atom. The summed E-state index contributed by atoms with van der Waals surface area (Å²) in [4.78, 5) is 27.3. The summed E-state index contributed by atoms with van der Waals surface area (Å²) in [6.45, 7) is 1.58. The van der Waals surface area contributed by atoms with E-state index in [9.17, 15) is 9.59 Å². The maximum Gasteiger partial charge on any atom is 0.317 e. The Morgan fingerprint density at radius 2 is 1.84 bits per heavy atom. The first-order valence-electron chi connectivity index (χ1n) is 10.0. The van der Waals surface area contributed by atoms with Gasteiger partial charge in [-0.05, 0) is 44.6 Å². The van der Waals surface area contributed by atoms with Crippen LogP contribution in [0.15, 0.2) is 0 Å². The molecule has 0 aromatic heterocycles. The summed E-state index contributed by atoms with van der Waals surface area (Å²) in [5.41, 5.74) is 0. The average molecular weight is 351 g/mol. The molecule has 0 bridgehead atoms. The molecule has 1 aliphatic heterocycles. The predicted octanol–water partition coefficient (Wildman–Crippen LogP) is 2.54. The van der Waals surface area contributed by atoms with Crippen molar-refractivity contribution >= 4 is 12.0 Å². The van der Waals surface area contributed by atoms with Crippen molar-refractivity contribution < 1.29 is 14.7 Å². The van der Waals surface area contributed by atoms with Crippen LogP contribution < -0.4 is 5.32 Å². The Hall–Kier alpha value is -1.30. The Morgan fingerprint density at radius 3 is 2.56 bits per heavy atom. The number of likely N-dealkylation sites (N-methyl/N-ethyl adjacent to an activating group) is 1. The summed E-state index contributed by atoms with van der Waals surface area (Å²) in [6.07, 6.45) is 10.7. The molecule has 2 saturated carbocycles. The number of amides is 2. The highest BCUT2D eigenvalue weighted by Crippen LogP contribution is 2.44. The van der Waals surface area contributed by atoms with Crippen molar-refractivity contribution in [1.29, 1.82) is 0 Å². The molecule has 3 rings (SSSR count). The van der Waals surface area contributed by atoms with Crippen molar-refractivity contribution in [3.05, 3.63) is 0 Å². The lowest BCUT2D eigenvalue weighted by Gasteiger charge is -2.26. The second-order valence-corrected chi connectivity index (χ2v) is 8.23. The highest BCUT2D eigenvalue weighted by Gasteiger charge is 2.44. The zero-order valence-corrected chi connectivity index (χ0v) is 15.5. The van der Waals surface area contributed by atoms with Crippen molar-refractivity contribution in [2.45, 2.75) is 69.9 Å². The van der Waals surface area contributed by atoms with Gasteiger partial charge < -0.3 is 15.3 Å². The van der Waals surface area contributed by atoms with E-state index < -0.39 is 5.97 Å². The van der Waals surface area contributed by atoms with Gasteiger partial charge in [0.15, 0.2) is 0 Å². The van der Waals surface area contributed by atoms with Gasteiger partial charge in [0.2, 0.25) is 0 Å². The minimum atomic E-state index is -0.788. The van der Waals surface area contributed by atoms with E-state index in [1.54, 1.807) is 0 Å². The first-order chi connectivity index (χ1) is 12.0. The monoisotopic (exact) mass is 351 g/mol. The van der Waals surface area contributed by atoms with Crippen LogP contribution in [0.4, 0.5) is 4.79 Å². The van der Waals surface area contributed by atoms with Crippen LogP contribution in [0, 0.1) is 11.8 Å². The zero-order chi connectivity index (χ0) is 17.8. The Labute approximate surface area is 150 Å². The quantitative estimate of drug-likeness (QED) is 0.798. The van der Waals surface area contributed by atoms with Gasteiger partial charge in [0.1, 0.15) is 0 Å². The first kappa shape index (κ1) is 18.5. The molecule has 2 aliphatic carbocycles. The van der Waals surface area contributed by atoms with E-state index in [0.717, 1.165) is 44.7 Å². The van der Waals surface area contributed by atoms with Crippen molar-refractivity contribution in [3.8, 4) is 0 Å². The Balaban J connectivity index is 1.42. The van der Waals surface area contributed by atoms with Gasteiger partial charge in [-0.25, -0.2) is 4.79 Å². The van der Waals surface area contributed by atoms with Crippen LogP contribution in [-0.2, 0) is 4.79 Å². The minimum absolute atomic E-state index is 0.0714. The molecule has 1 unspecified atom stereocenters. The number of rotatable bonds is 5. The number of nitrogens with one attached hydrogen (secondary N) is 1. The Kier molecular flexibility index (Phi) is 6.20. The summed E-state index contributed by atoms with van der Waals surface area (Å²) >= 11 is 0. The van der Waals surface area contributed by atoms with E-state index in [0.29, 0.717) is 12.0 Å². The summed E-state index contributed by atoms with van der Waals surface area (Å²) in [6, 6.07) is 0.735. The van der Waals surface area contributed by atoms with E-state index in [2.05, 4.69) is 5.32 Å². The number of carboxylic acids is 1. The number of hydrogen-bond donors (Lipinski definition) is 2. The molecule has 0 aromatic rings. The molecule has 1 saturated heterocycles. The third-order valence-electron chi connectivity index (χ3n) is 6.40. The van der Waals surface area contributed by atoms with E-state index in [1.807, 2.05) is 16.8 Å². The lowest BCUT2D eigenvalue weighted by molar-refractivity contribution is -0.138. The molecule has 142 valence electrons. The lowest BCUT2D eigenvalue weighted by Crippen LogP contribution is -2.43. The summed E-state index contributed by atoms with van der Waals surface area (Å²) in [5, 5.41) is 12.2. The van der Waals surface area contributed by atoms with Crippen LogP contribution >= 0.6 is 0 Å². The molecule has 25 heavy (non-hydrogen) atoms. The number of nitrogens with zero attached hydrogens (tertiary/aromatic N) is 2. The van der Waals surface area contributed by atoms with Gasteiger partial charge in [0.25, 0.3) is 0 Å². The van der Waals surface area contributed by atoms with Crippen LogP contribution in [0.25, 0.3) is 0 Å². The molecule has 6 heteroatoms. The van der Waals surface area contributed by atoms with E-state index >= 15 is 0 Å². The van der Waals surface area contributed by atoms with Crippen LogP contribution in [0.2, 0.25) is 0 Å². The number of likely N-dealkylation sites (tertiary alicyclic amines) is 1. The van der Waals surface area contributed by atoms with Crippen LogP contribution in [0.5, 0.6) is 0 Å². The van der Waals surface area contributed by atoms with Crippen molar-refractivity contribution in [2.75, 3.05) is 26.7 Å². The van der Waals surface area contributed by atoms with Gasteiger partial charge in [0, 0.05) is 25.2 Å². The second-order valence-electron chi connectivity index (χ2n) is 8.23.